The number of hydrogen-bond acceptors (Lipinski definition) is 3. The van der Waals surface area contributed by atoms with Gasteiger partial charge in [-0.1, -0.05) is 6.92 Å². The highest BCUT2D eigenvalue weighted by atomic mass is 16.5. The molecule has 1 fully saturated rings. The van der Waals surface area contributed by atoms with Crippen molar-refractivity contribution in [2.24, 2.45) is 0 Å². The van der Waals surface area contributed by atoms with Crippen LogP contribution in [0.5, 0.6) is 0 Å². The maximum atomic E-state index is 5.22. The summed E-state index contributed by atoms with van der Waals surface area (Å²) in [6, 6.07) is 2.05. The van der Waals surface area contributed by atoms with Gasteiger partial charge in [-0.3, -0.25) is 4.90 Å². The first-order valence-corrected chi connectivity index (χ1v) is 6.67. The fourth-order valence-corrected chi connectivity index (χ4v) is 2.46. The fourth-order valence-electron chi connectivity index (χ4n) is 2.46. The van der Waals surface area contributed by atoms with Crippen LogP contribution in [-0.4, -0.2) is 49.8 Å². The molecular formula is C13H28N2O. The van der Waals surface area contributed by atoms with Gasteiger partial charge in [0.05, 0.1) is 6.61 Å². The molecule has 3 heteroatoms. The highest BCUT2D eigenvalue weighted by Gasteiger charge is 2.25. The van der Waals surface area contributed by atoms with E-state index < -0.39 is 0 Å². The molecule has 0 amide bonds. The first-order chi connectivity index (χ1) is 7.69. The summed E-state index contributed by atoms with van der Waals surface area (Å²) in [7, 11) is 1.79. The van der Waals surface area contributed by atoms with Gasteiger partial charge in [-0.25, -0.2) is 0 Å². The van der Waals surface area contributed by atoms with Crippen LogP contribution in [-0.2, 0) is 4.74 Å². The third-order valence-electron chi connectivity index (χ3n) is 3.81. The van der Waals surface area contributed by atoms with Gasteiger partial charge in [0.25, 0.3) is 0 Å². The number of rotatable bonds is 6. The molecular weight excluding hydrogens is 200 g/mol. The van der Waals surface area contributed by atoms with Gasteiger partial charge in [0.1, 0.15) is 0 Å². The van der Waals surface area contributed by atoms with Gasteiger partial charge >= 0.3 is 0 Å². The first kappa shape index (κ1) is 13.9. The Morgan fingerprint density at radius 3 is 2.69 bits per heavy atom. The van der Waals surface area contributed by atoms with Crippen molar-refractivity contribution in [1.29, 1.82) is 0 Å². The Balaban J connectivity index is 2.47. The summed E-state index contributed by atoms with van der Waals surface area (Å²) < 4.78 is 5.22. The van der Waals surface area contributed by atoms with Gasteiger partial charge < -0.3 is 10.1 Å². The first-order valence-electron chi connectivity index (χ1n) is 6.67. The minimum Gasteiger partial charge on any atom is -0.383 e. The molecule has 0 aromatic rings. The maximum absolute atomic E-state index is 5.22. The monoisotopic (exact) mass is 228 g/mol. The summed E-state index contributed by atoms with van der Waals surface area (Å²) in [5.74, 6) is 0. The molecule has 0 radical (unpaired) electrons. The smallest absolute Gasteiger partial charge is 0.0589 e. The van der Waals surface area contributed by atoms with Crippen molar-refractivity contribution >= 4 is 0 Å². The maximum Gasteiger partial charge on any atom is 0.0589 e. The van der Waals surface area contributed by atoms with Gasteiger partial charge in [0, 0.05) is 38.3 Å². The second kappa shape index (κ2) is 7.25. The number of methoxy groups -OCH3 is 1. The lowest BCUT2D eigenvalue weighted by atomic mass is 9.99. The normalized spacial score (nSPS) is 28.3. The van der Waals surface area contributed by atoms with E-state index >= 15 is 0 Å². The molecule has 0 aliphatic carbocycles. The fraction of sp³-hybridized carbons (Fsp3) is 1.00. The van der Waals surface area contributed by atoms with E-state index in [4.69, 9.17) is 4.74 Å². The van der Waals surface area contributed by atoms with Crippen LogP contribution in [0.25, 0.3) is 0 Å². The van der Waals surface area contributed by atoms with E-state index in [2.05, 4.69) is 31.0 Å². The largest absolute Gasteiger partial charge is 0.383 e. The second-order valence-electron chi connectivity index (χ2n) is 5.03. The molecule has 0 saturated carbocycles. The minimum absolute atomic E-state index is 0.662. The average molecular weight is 228 g/mol. The quantitative estimate of drug-likeness (QED) is 0.751. The van der Waals surface area contributed by atoms with E-state index in [1.165, 1.54) is 19.3 Å². The highest BCUT2D eigenvalue weighted by molar-refractivity contribution is 4.84. The Hall–Kier alpha value is -0.120. The van der Waals surface area contributed by atoms with Crippen LogP contribution in [0.2, 0.25) is 0 Å². The van der Waals surface area contributed by atoms with Crippen molar-refractivity contribution in [1.82, 2.24) is 10.2 Å². The summed E-state index contributed by atoms with van der Waals surface area (Å²) in [6.45, 7) is 9.91. The van der Waals surface area contributed by atoms with Gasteiger partial charge in [-0.15, -0.1) is 0 Å². The van der Waals surface area contributed by atoms with Crippen LogP contribution in [0.3, 0.4) is 0 Å². The van der Waals surface area contributed by atoms with E-state index in [-0.39, 0.29) is 0 Å². The molecule has 96 valence electrons. The summed E-state index contributed by atoms with van der Waals surface area (Å²) in [4.78, 5) is 2.61. The molecule has 0 aromatic heterocycles. The van der Waals surface area contributed by atoms with E-state index in [1.807, 2.05) is 0 Å². The van der Waals surface area contributed by atoms with Crippen LogP contribution < -0.4 is 5.32 Å². The van der Waals surface area contributed by atoms with E-state index in [1.54, 1.807) is 7.11 Å². The molecule has 0 spiro atoms. The molecule has 0 aromatic carbocycles. The molecule has 1 saturated heterocycles. The zero-order valence-corrected chi connectivity index (χ0v) is 11.3. The van der Waals surface area contributed by atoms with E-state index in [0.717, 1.165) is 19.7 Å². The number of piperidine rings is 1. The van der Waals surface area contributed by atoms with Crippen molar-refractivity contribution in [3.05, 3.63) is 0 Å². The number of hydrogen-bond donors (Lipinski definition) is 1. The molecule has 1 heterocycles. The van der Waals surface area contributed by atoms with Crippen LogP contribution in [0.1, 0.15) is 40.0 Å². The molecule has 0 bridgehead atoms. The molecule has 3 atom stereocenters. The molecule has 1 N–H and O–H groups in total. The Bertz CT molecular complexity index is 179. The highest BCUT2D eigenvalue weighted by Crippen LogP contribution is 2.17. The minimum atomic E-state index is 0.662. The predicted octanol–water partition coefficient (Wildman–Crippen LogP) is 1.87. The molecule has 3 unspecified atom stereocenters. The van der Waals surface area contributed by atoms with Gasteiger partial charge in [0.15, 0.2) is 0 Å². The van der Waals surface area contributed by atoms with Crippen LogP contribution in [0, 0.1) is 0 Å². The molecule has 1 aliphatic heterocycles. The zero-order chi connectivity index (χ0) is 12.0. The Kier molecular flexibility index (Phi) is 6.32. The van der Waals surface area contributed by atoms with Gasteiger partial charge in [-0.05, 0) is 33.1 Å². The third kappa shape index (κ3) is 4.04. The van der Waals surface area contributed by atoms with Crippen molar-refractivity contribution in [2.75, 3.05) is 26.8 Å². The molecule has 1 rings (SSSR count). The van der Waals surface area contributed by atoms with Crippen molar-refractivity contribution in [3.63, 3.8) is 0 Å². The molecule has 1 aliphatic rings. The zero-order valence-electron chi connectivity index (χ0n) is 11.3. The summed E-state index contributed by atoms with van der Waals surface area (Å²) in [5, 5.41) is 3.59. The van der Waals surface area contributed by atoms with E-state index in [0.29, 0.717) is 18.1 Å². The van der Waals surface area contributed by atoms with Crippen LogP contribution in [0.15, 0.2) is 0 Å². The molecule has 3 nitrogen and oxygen atoms in total. The van der Waals surface area contributed by atoms with Crippen molar-refractivity contribution in [3.8, 4) is 0 Å². The number of ether oxygens (including phenoxy) is 1. The summed E-state index contributed by atoms with van der Waals surface area (Å²) in [6.07, 6.45) is 3.84. The lowest BCUT2D eigenvalue weighted by molar-refractivity contribution is 0.0720. The summed E-state index contributed by atoms with van der Waals surface area (Å²) >= 11 is 0. The third-order valence-corrected chi connectivity index (χ3v) is 3.81. The van der Waals surface area contributed by atoms with E-state index in [9.17, 15) is 0 Å². The van der Waals surface area contributed by atoms with Gasteiger partial charge in [-0.2, -0.15) is 0 Å². The lowest BCUT2D eigenvalue weighted by Gasteiger charge is -2.40. The summed E-state index contributed by atoms with van der Waals surface area (Å²) in [5.41, 5.74) is 0. The second-order valence-corrected chi connectivity index (χ2v) is 5.03. The predicted molar refractivity (Wildman–Crippen MR) is 68.8 cm³/mol. The Labute approximate surface area is 101 Å². The topological polar surface area (TPSA) is 24.5 Å². The van der Waals surface area contributed by atoms with Crippen LogP contribution >= 0.6 is 0 Å². The van der Waals surface area contributed by atoms with Gasteiger partial charge in [0.2, 0.25) is 0 Å². The van der Waals surface area contributed by atoms with Crippen molar-refractivity contribution in [2.45, 2.75) is 58.2 Å². The average Bonchev–Trinajstić information content (AvgIpc) is 2.31. The molecule has 16 heavy (non-hydrogen) atoms. The van der Waals surface area contributed by atoms with Crippen LogP contribution in [0.4, 0.5) is 0 Å². The number of nitrogens with one attached hydrogen (secondary N) is 1. The number of nitrogens with zero attached hydrogens (tertiary/aromatic N) is 1. The Morgan fingerprint density at radius 1 is 1.44 bits per heavy atom. The standard InChI is InChI=1S/C13H28N2O/c1-5-12(3)15(8-9-16-4)13-7-6-11(2)14-10-13/h11-14H,5-10H2,1-4H3. The Morgan fingerprint density at radius 2 is 2.19 bits per heavy atom. The SMILES string of the molecule is CCC(C)N(CCOC)C1CCC(C)NC1. The lowest BCUT2D eigenvalue weighted by Crippen LogP contribution is -2.52. The van der Waals surface area contributed by atoms with Crippen molar-refractivity contribution < 1.29 is 4.74 Å².